The summed E-state index contributed by atoms with van der Waals surface area (Å²) in [5.41, 5.74) is 6.97. The molecule has 3 aromatic carbocycles. The van der Waals surface area contributed by atoms with Crippen molar-refractivity contribution in [3.63, 3.8) is 0 Å². The van der Waals surface area contributed by atoms with Gasteiger partial charge in [0.15, 0.2) is 0 Å². The first-order chi connectivity index (χ1) is 17.0. The number of urea groups is 1. The molecule has 0 aromatic heterocycles. The molecule has 3 amide bonds. The number of primary amides is 1. The van der Waals surface area contributed by atoms with E-state index in [9.17, 15) is 22.4 Å². The molecule has 0 spiro atoms. The van der Waals surface area contributed by atoms with Crippen LogP contribution in [0.4, 0.5) is 14.9 Å². The lowest BCUT2D eigenvalue weighted by Gasteiger charge is -2.20. The zero-order chi connectivity index (χ0) is 26.0. The van der Waals surface area contributed by atoms with E-state index in [0.717, 1.165) is 18.1 Å². The molecule has 1 saturated carbocycles. The Labute approximate surface area is 213 Å². The summed E-state index contributed by atoms with van der Waals surface area (Å²) >= 11 is 5.93. The number of primary sulfonamides is 1. The van der Waals surface area contributed by atoms with Crippen LogP contribution in [0.5, 0.6) is 0 Å². The number of amides is 3. The molecule has 0 saturated heterocycles. The maximum Gasteiger partial charge on any atom is 0.315 e. The van der Waals surface area contributed by atoms with Crippen molar-refractivity contribution in [2.75, 3.05) is 18.4 Å². The largest absolute Gasteiger partial charge is 0.351 e. The van der Waals surface area contributed by atoms with Crippen LogP contribution in [0.3, 0.4) is 0 Å². The van der Waals surface area contributed by atoms with Crippen molar-refractivity contribution in [2.24, 2.45) is 16.8 Å². The summed E-state index contributed by atoms with van der Waals surface area (Å²) in [4.78, 5) is 25.6. The topological polar surface area (TPSA) is 136 Å². The molecule has 188 valence electrons. The molecule has 8 nitrogen and oxygen atoms in total. The molecule has 1 fully saturated rings. The van der Waals surface area contributed by atoms with E-state index in [1.807, 2.05) is 12.1 Å². The van der Waals surface area contributed by atoms with Crippen LogP contribution in [-0.4, -0.2) is 38.3 Å². The number of nitrogens with two attached hydrogens (primary N) is 2. The number of nitrogens with zero attached hydrogens (tertiary/aromatic N) is 1. The number of carbonyl (C=O) groups is 2. The van der Waals surface area contributed by atoms with E-state index in [1.54, 1.807) is 18.2 Å². The van der Waals surface area contributed by atoms with Gasteiger partial charge in [-0.3, -0.25) is 4.79 Å². The lowest BCUT2D eigenvalue weighted by atomic mass is 10.0. The molecule has 0 aliphatic heterocycles. The van der Waals surface area contributed by atoms with Gasteiger partial charge >= 0.3 is 6.03 Å². The zero-order valence-electron chi connectivity index (χ0n) is 19.0. The van der Waals surface area contributed by atoms with Crippen LogP contribution in [0, 0.1) is 11.7 Å². The number of sulfonamides is 1. The predicted molar refractivity (Wildman–Crippen MR) is 135 cm³/mol. The van der Waals surface area contributed by atoms with Gasteiger partial charge in [0.05, 0.1) is 10.6 Å². The number of nitrogens with one attached hydrogen (secondary N) is 1. The normalized spacial score (nSPS) is 16.9. The van der Waals surface area contributed by atoms with Gasteiger partial charge in [-0.2, -0.15) is 0 Å². The van der Waals surface area contributed by atoms with Crippen molar-refractivity contribution in [3.05, 3.63) is 83.1 Å². The molecule has 1 aliphatic carbocycles. The van der Waals surface area contributed by atoms with Crippen LogP contribution in [-0.2, 0) is 14.8 Å². The summed E-state index contributed by atoms with van der Waals surface area (Å²) in [6.07, 6.45) is 0.850. The third-order valence-electron chi connectivity index (χ3n) is 6.07. The highest BCUT2D eigenvalue weighted by atomic mass is 35.5. The molecule has 0 bridgehead atoms. The monoisotopic (exact) mass is 530 g/mol. The Balaban J connectivity index is 1.41. The third kappa shape index (κ3) is 6.01. The Kier molecular flexibility index (Phi) is 7.30. The highest BCUT2D eigenvalue weighted by Gasteiger charge is 2.40. The molecule has 4 rings (SSSR count). The molecule has 2 unspecified atom stereocenters. The summed E-state index contributed by atoms with van der Waals surface area (Å²) in [5, 5.41) is 8.34. The first kappa shape index (κ1) is 25.6. The fourth-order valence-corrected chi connectivity index (χ4v) is 5.07. The van der Waals surface area contributed by atoms with E-state index in [4.69, 9.17) is 22.5 Å². The second-order valence-electron chi connectivity index (χ2n) is 8.66. The fraction of sp³-hybridized carbons (Fsp3) is 0.200. The Morgan fingerprint density at radius 1 is 1.08 bits per heavy atom. The first-order valence-corrected chi connectivity index (χ1v) is 13.0. The number of anilines is 1. The number of hydrogen-bond acceptors (Lipinski definition) is 4. The quantitative estimate of drug-likeness (QED) is 0.406. The Bertz CT molecular complexity index is 1420. The molecule has 11 heteroatoms. The molecule has 0 radical (unpaired) electrons. The van der Waals surface area contributed by atoms with Gasteiger partial charge in [-0.15, -0.1) is 0 Å². The summed E-state index contributed by atoms with van der Waals surface area (Å²) in [6.45, 7) is -0.0452. The van der Waals surface area contributed by atoms with Crippen LogP contribution < -0.4 is 16.2 Å². The van der Waals surface area contributed by atoms with Crippen molar-refractivity contribution in [2.45, 2.75) is 17.2 Å². The zero-order valence-corrected chi connectivity index (χ0v) is 20.6. The van der Waals surface area contributed by atoms with E-state index >= 15 is 0 Å². The minimum atomic E-state index is -4.02. The number of carbonyl (C=O) groups excluding carboxylic acids is 2. The number of rotatable bonds is 8. The van der Waals surface area contributed by atoms with Crippen molar-refractivity contribution in [1.82, 2.24) is 4.90 Å². The van der Waals surface area contributed by atoms with Crippen LogP contribution in [0.15, 0.2) is 71.6 Å². The smallest absolute Gasteiger partial charge is 0.315 e. The lowest BCUT2D eigenvalue weighted by Crippen LogP contribution is -2.42. The SMILES string of the molecule is NC(=O)N(CC(=O)Nc1ccc(-c2ccccc2S(N)(=O)=O)cc1F)CC1CC1c1ccc(Cl)cc1. The Morgan fingerprint density at radius 3 is 2.42 bits per heavy atom. The fourth-order valence-electron chi connectivity index (χ4n) is 4.18. The van der Waals surface area contributed by atoms with E-state index in [2.05, 4.69) is 5.32 Å². The average molecular weight is 531 g/mol. The van der Waals surface area contributed by atoms with Gasteiger partial charge in [-0.05, 0) is 59.7 Å². The van der Waals surface area contributed by atoms with Gasteiger partial charge in [0, 0.05) is 17.1 Å². The molecule has 2 atom stereocenters. The summed E-state index contributed by atoms with van der Waals surface area (Å²) < 4.78 is 38.5. The number of hydrogen-bond donors (Lipinski definition) is 3. The maximum absolute atomic E-state index is 14.8. The van der Waals surface area contributed by atoms with Crippen molar-refractivity contribution in [1.29, 1.82) is 0 Å². The highest BCUT2D eigenvalue weighted by molar-refractivity contribution is 7.89. The van der Waals surface area contributed by atoms with Crippen molar-refractivity contribution in [3.8, 4) is 11.1 Å². The molecule has 3 aromatic rings. The van der Waals surface area contributed by atoms with Gasteiger partial charge in [-0.25, -0.2) is 22.7 Å². The van der Waals surface area contributed by atoms with E-state index in [1.165, 1.54) is 35.2 Å². The number of benzene rings is 3. The second kappa shape index (κ2) is 10.3. The van der Waals surface area contributed by atoms with Gasteiger partial charge in [0.2, 0.25) is 15.9 Å². The summed E-state index contributed by atoms with van der Waals surface area (Å²) in [5.74, 6) is -0.992. The molecule has 36 heavy (non-hydrogen) atoms. The van der Waals surface area contributed by atoms with E-state index in [0.29, 0.717) is 11.6 Å². The van der Waals surface area contributed by atoms with Crippen molar-refractivity contribution < 1.29 is 22.4 Å². The van der Waals surface area contributed by atoms with Crippen molar-refractivity contribution >= 4 is 39.2 Å². The average Bonchev–Trinajstić information content (AvgIpc) is 3.59. The first-order valence-electron chi connectivity index (χ1n) is 11.0. The van der Waals surface area contributed by atoms with E-state index in [-0.39, 0.29) is 40.1 Å². The molecular weight excluding hydrogens is 507 g/mol. The molecule has 5 N–H and O–H groups in total. The predicted octanol–water partition coefficient (Wildman–Crippen LogP) is 3.92. The maximum atomic E-state index is 14.8. The van der Waals surface area contributed by atoms with Gasteiger partial charge in [0.1, 0.15) is 12.4 Å². The van der Waals surface area contributed by atoms with Gasteiger partial charge in [0.25, 0.3) is 0 Å². The Morgan fingerprint density at radius 2 is 1.78 bits per heavy atom. The summed E-state index contributed by atoms with van der Waals surface area (Å²) in [6, 6.07) is 16.6. The van der Waals surface area contributed by atoms with Crippen LogP contribution in [0.25, 0.3) is 11.1 Å². The second-order valence-corrected chi connectivity index (χ2v) is 10.6. The highest BCUT2D eigenvalue weighted by Crippen LogP contribution is 2.48. The minimum Gasteiger partial charge on any atom is -0.351 e. The minimum absolute atomic E-state index is 0.119. The van der Waals surface area contributed by atoms with Gasteiger partial charge in [-0.1, -0.05) is 48.0 Å². The van der Waals surface area contributed by atoms with Gasteiger partial charge < -0.3 is 16.0 Å². The summed E-state index contributed by atoms with van der Waals surface area (Å²) in [7, 11) is -4.02. The van der Waals surface area contributed by atoms with Crippen LogP contribution in [0.1, 0.15) is 17.9 Å². The Hall–Kier alpha value is -3.47. The van der Waals surface area contributed by atoms with Crippen LogP contribution >= 0.6 is 11.6 Å². The molecule has 0 heterocycles. The standard InChI is InChI=1S/C25H24ClFN4O4S/c26-18-8-5-15(6-9-18)20-11-17(20)13-31(25(28)33)14-24(32)30-22-10-7-16(12-21(22)27)19-3-1-2-4-23(19)36(29,34)35/h1-10,12,17,20H,11,13-14H2,(H2,28,33)(H,30,32)(H2,29,34,35). The van der Waals surface area contributed by atoms with E-state index < -0.39 is 27.8 Å². The molecule has 1 aliphatic rings. The van der Waals surface area contributed by atoms with Crippen LogP contribution in [0.2, 0.25) is 5.02 Å². The molecular formula is C25H24ClFN4O4S. The number of halogens is 2. The lowest BCUT2D eigenvalue weighted by molar-refractivity contribution is -0.116. The third-order valence-corrected chi connectivity index (χ3v) is 7.29.